The van der Waals surface area contributed by atoms with Gasteiger partial charge in [-0.05, 0) is 36.8 Å². The summed E-state index contributed by atoms with van der Waals surface area (Å²) in [5.41, 5.74) is 2.86. The number of hydrogen-bond donors (Lipinski definition) is 2. The van der Waals surface area contributed by atoms with E-state index < -0.39 is 11.2 Å². The van der Waals surface area contributed by atoms with Gasteiger partial charge < -0.3 is 0 Å². The summed E-state index contributed by atoms with van der Waals surface area (Å²) in [5.74, 6) is 0. The Bertz CT molecular complexity index is 1590. The van der Waals surface area contributed by atoms with Gasteiger partial charge in [-0.25, -0.2) is 14.5 Å². The number of nitriles is 1. The summed E-state index contributed by atoms with van der Waals surface area (Å²) in [5, 5.41) is 14.7. The van der Waals surface area contributed by atoms with Crippen LogP contribution in [0.2, 0.25) is 0 Å². The molecule has 0 fully saturated rings. The first-order chi connectivity index (χ1) is 14.6. The fraction of sp³-hybridized carbons (Fsp3) is 0.0455. The summed E-state index contributed by atoms with van der Waals surface area (Å²) in [6, 6.07) is 18.5. The van der Waals surface area contributed by atoms with E-state index in [9.17, 15) is 9.59 Å². The van der Waals surface area contributed by atoms with Gasteiger partial charge in [0.05, 0.1) is 33.8 Å². The number of H-pyrrole nitrogens is 2. The van der Waals surface area contributed by atoms with E-state index >= 15 is 0 Å². The predicted molar refractivity (Wildman–Crippen MR) is 113 cm³/mol. The minimum atomic E-state index is -0.632. The van der Waals surface area contributed by atoms with Crippen LogP contribution in [0.5, 0.6) is 0 Å². The SMILES string of the molecule is Cc1nn(-c2ccccc2)c2nc3[nH]c(=O)[nH]c(=O)c3c(-c3ccc(C#N)cc3)c12. The van der Waals surface area contributed by atoms with Crippen molar-refractivity contribution in [2.24, 2.45) is 0 Å². The smallest absolute Gasteiger partial charge is 0.291 e. The molecule has 0 unspecified atom stereocenters. The zero-order valence-electron chi connectivity index (χ0n) is 15.8. The number of rotatable bonds is 2. The van der Waals surface area contributed by atoms with Gasteiger partial charge in [-0.2, -0.15) is 10.4 Å². The number of hydrogen-bond acceptors (Lipinski definition) is 5. The summed E-state index contributed by atoms with van der Waals surface area (Å²) in [4.78, 5) is 34.2. The lowest BCUT2D eigenvalue weighted by atomic mass is 9.98. The van der Waals surface area contributed by atoms with Gasteiger partial charge in [0.1, 0.15) is 5.65 Å². The minimum Gasteiger partial charge on any atom is -0.291 e. The maximum Gasteiger partial charge on any atom is 0.327 e. The van der Waals surface area contributed by atoms with Crippen molar-refractivity contribution in [3.05, 3.63) is 86.7 Å². The lowest BCUT2D eigenvalue weighted by molar-refractivity contribution is 0.878. The predicted octanol–water partition coefficient (Wildman–Crippen LogP) is 2.80. The highest BCUT2D eigenvalue weighted by atomic mass is 16.2. The van der Waals surface area contributed by atoms with E-state index in [1.807, 2.05) is 37.3 Å². The van der Waals surface area contributed by atoms with Gasteiger partial charge in [0.25, 0.3) is 5.56 Å². The van der Waals surface area contributed by atoms with Gasteiger partial charge >= 0.3 is 5.69 Å². The van der Waals surface area contributed by atoms with Crippen molar-refractivity contribution in [1.29, 1.82) is 5.26 Å². The molecule has 144 valence electrons. The van der Waals surface area contributed by atoms with Gasteiger partial charge in [0, 0.05) is 5.56 Å². The third kappa shape index (κ3) is 2.61. The van der Waals surface area contributed by atoms with Crippen LogP contribution in [0.15, 0.2) is 64.2 Å². The minimum absolute atomic E-state index is 0.174. The summed E-state index contributed by atoms with van der Waals surface area (Å²) >= 11 is 0. The Labute approximate surface area is 169 Å². The highest BCUT2D eigenvalue weighted by Crippen LogP contribution is 2.35. The number of para-hydroxylation sites is 1. The molecule has 0 aliphatic rings. The number of nitrogens with one attached hydrogen (secondary N) is 2. The Morgan fingerprint density at radius 2 is 1.70 bits per heavy atom. The van der Waals surface area contributed by atoms with E-state index in [0.717, 1.165) is 11.3 Å². The van der Waals surface area contributed by atoms with Crippen LogP contribution in [0, 0.1) is 18.3 Å². The van der Waals surface area contributed by atoms with Crippen molar-refractivity contribution in [3.63, 3.8) is 0 Å². The largest absolute Gasteiger partial charge is 0.327 e. The maximum absolute atomic E-state index is 12.8. The van der Waals surface area contributed by atoms with Gasteiger partial charge in [-0.15, -0.1) is 0 Å². The van der Waals surface area contributed by atoms with Crippen LogP contribution in [0.25, 0.3) is 38.9 Å². The van der Waals surface area contributed by atoms with E-state index in [1.54, 1.807) is 28.9 Å². The number of pyridine rings is 1. The maximum atomic E-state index is 12.8. The number of aromatic nitrogens is 5. The van der Waals surface area contributed by atoms with E-state index in [-0.39, 0.29) is 11.0 Å². The highest BCUT2D eigenvalue weighted by molar-refractivity contribution is 6.08. The van der Waals surface area contributed by atoms with E-state index in [2.05, 4.69) is 26.1 Å². The van der Waals surface area contributed by atoms with Crippen molar-refractivity contribution >= 4 is 22.1 Å². The molecular weight excluding hydrogens is 380 g/mol. The first-order valence-corrected chi connectivity index (χ1v) is 9.18. The number of aryl methyl sites for hydroxylation is 1. The van der Waals surface area contributed by atoms with Crippen LogP contribution in [-0.2, 0) is 0 Å². The van der Waals surface area contributed by atoms with Crippen LogP contribution >= 0.6 is 0 Å². The summed E-state index contributed by atoms with van der Waals surface area (Å²) in [7, 11) is 0. The number of benzene rings is 2. The summed E-state index contributed by atoms with van der Waals surface area (Å²) in [6.45, 7) is 1.85. The topological polar surface area (TPSA) is 120 Å². The molecule has 2 N–H and O–H groups in total. The van der Waals surface area contributed by atoms with Crippen LogP contribution in [0.1, 0.15) is 11.3 Å². The van der Waals surface area contributed by atoms with Crippen molar-refractivity contribution in [3.8, 4) is 22.9 Å². The van der Waals surface area contributed by atoms with Crippen LogP contribution in [0.4, 0.5) is 0 Å². The molecular formula is C22H14N6O2. The Balaban J connectivity index is 1.99. The first-order valence-electron chi connectivity index (χ1n) is 9.18. The van der Waals surface area contributed by atoms with Crippen molar-refractivity contribution in [1.82, 2.24) is 24.7 Å². The quantitative estimate of drug-likeness (QED) is 0.477. The van der Waals surface area contributed by atoms with Gasteiger partial charge in [0.2, 0.25) is 0 Å². The second-order valence-electron chi connectivity index (χ2n) is 6.84. The van der Waals surface area contributed by atoms with Gasteiger partial charge in [-0.3, -0.25) is 14.8 Å². The van der Waals surface area contributed by atoms with E-state index in [1.165, 1.54) is 0 Å². The van der Waals surface area contributed by atoms with E-state index in [4.69, 9.17) is 5.26 Å². The average molecular weight is 394 g/mol. The molecule has 0 bridgehead atoms. The summed E-state index contributed by atoms with van der Waals surface area (Å²) < 4.78 is 1.69. The molecule has 0 aliphatic carbocycles. The normalized spacial score (nSPS) is 11.1. The fourth-order valence-electron chi connectivity index (χ4n) is 3.68. The molecule has 5 rings (SSSR count). The molecule has 0 saturated carbocycles. The molecule has 0 radical (unpaired) electrons. The lowest BCUT2D eigenvalue weighted by Crippen LogP contribution is -2.23. The molecule has 0 amide bonds. The van der Waals surface area contributed by atoms with E-state index in [0.29, 0.717) is 27.9 Å². The zero-order valence-corrected chi connectivity index (χ0v) is 15.8. The second kappa shape index (κ2) is 6.53. The number of aromatic amines is 2. The van der Waals surface area contributed by atoms with Crippen LogP contribution in [-0.4, -0.2) is 24.7 Å². The van der Waals surface area contributed by atoms with Crippen LogP contribution < -0.4 is 11.2 Å². The third-order valence-electron chi connectivity index (χ3n) is 4.98. The Morgan fingerprint density at radius 3 is 2.40 bits per heavy atom. The Hall–Kier alpha value is -4.51. The van der Waals surface area contributed by atoms with Crippen LogP contribution in [0.3, 0.4) is 0 Å². The van der Waals surface area contributed by atoms with Gasteiger partial charge in [0.15, 0.2) is 5.65 Å². The number of nitrogens with zero attached hydrogens (tertiary/aromatic N) is 4. The molecule has 3 heterocycles. The highest BCUT2D eigenvalue weighted by Gasteiger charge is 2.21. The third-order valence-corrected chi connectivity index (χ3v) is 4.98. The average Bonchev–Trinajstić information content (AvgIpc) is 3.09. The van der Waals surface area contributed by atoms with Gasteiger partial charge in [-0.1, -0.05) is 30.3 Å². The standard InChI is InChI=1S/C22H14N6O2/c1-12-16-17(14-9-7-13(11-23)8-10-14)18-19(25-22(30)26-21(18)29)24-20(16)28(27-12)15-5-3-2-4-6-15/h2-10H,1H3,(H2,24,25,26,29,30). The van der Waals surface area contributed by atoms with Crippen molar-refractivity contribution in [2.45, 2.75) is 6.92 Å². The Kier molecular flexibility index (Phi) is 3.83. The molecule has 8 nitrogen and oxygen atoms in total. The molecule has 5 aromatic rings. The Morgan fingerprint density at radius 1 is 0.967 bits per heavy atom. The molecule has 3 aromatic heterocycles. The molecule has 0 spiro atoms. The first kappa shape index (κ1) is 17.6. The van der Waals surface area contributed by atoms with Crippen molar-refractivity contribution < 1.29 is 0 Å². The monoisotopic (exact) mass is 394 g/mol. The molecule has 8 heteroatoms. The molecule has 30 heavy (non-hydrogen) atoms. The number of fused-ring (bicyclic) bond motifs is 2. The van der Waals surface area contributed by atoms with Crippen molar-refractivity contribution in [2.75, 3.05) is 0 Å². The summed E-state index contributed by atoms with van der Waals surface area (Å²) in [6.07, 6.45) is 0. The zero-order chi connectivity index (χ0) is 20.8. The molecule has 0 saturated heterocycles. The lowest BCUT2D eigenvalue weighted by Gasteiger charge is -2.09. The molecule has 2 aromatic carbocycles. The molecule has 0 atom stereocenters. The second-order valence-corrected chi connectivity index (χ2v) is 6.84. The fourth-order valence-corrected chi connectivity index (χ4v) is 3.68. The molecule has 0 aliphatic heterocycles.